The topological polar surface area (TPSA) is 78.9 Å². The monoisotopic (exact) mass is 199 g/mol. The molecule has 1 unspecified atom stereocenters. The zero-order valence-electron chi connectivity index (χ0n) is 6.86. The maximum atomic E-state index is 10.5. The van der Waals surface area contributed by atoms with Gasteiger partial charge in [0.25, 0.3) is 5.82 Å². The summed E-state index contributed by atoms with van der Waals surface area (Å²) in [5, 5.41) is 14.9. The Morgan fingerprint density at radius 2 is 2.54 bits per heavy atom. The van der Waals surface area contributed by atoms with Crippen LogP contribution in [0.5, 0.6) is 0 Å². The normalized spacial score (nSPS) is 22.0. The van der Waals surface area contributed by atoms with E-state index in [9.17, 15) is 4.79 Å². The fraction of sp³-hybridized carbons (Fsp3) is 0.571. The van der Waals surface area contributed by atoms with Crippen molar-refractivity contribution in [1.29, 1.82) is 0 Å². The molecular formula is C7H9N3O2S. The average molecular weight is 199 g/mol. The van der Waals surface area contributed by atoms with Crippen molar-refractivity contribution in [3.63, 3.8) is 0 Å². The molecule has 1 saturated heterocycles. The number of hydrogen-bond acceptors (Lipinski definition) is 4. The number of nitrogens with zero attached hydrogens (tertiary/aromatic N) is 2. The van der Waals surface area contributed by atoms with Gasteiger partial charge in [-0.3, -0.25) is 5.10 Å². The van der Waals surface area contributed by atoms with E-state index in [0.29, 0.717) is 11.7 Å². The second kappa shape index (κ2) is 3.37. The molecule has 5 nitrogen and oxygen atoms in total. The summed E-state index contributed by atoms with van der Waals surface area (Å²) in [5.41, 5.74) is 0. The molecule has 6 heteroatoms. The Kier molecular flexibility index (Phi) is 2.22. The number of hydrogen-bond donors (Lipinski definition) is 2. The summed E-state index contributed by atoms with van der Waals surface area (Å²) >= 11 is 1.86. The molecule has 13 heavy (non-hydrogen) atoms. The third-order valence-electron chi connectivity index (χ3n) is 2.01. The number of thioether (sulfide) groups is 1. The van der Waals surface area contributed by atoms with Crippen molar-refractivity contribution in [3.8, 4) is 0 Å². The smallest absolute Gasteiger partial charge is 0.375 e. The highest BCUT2D eigenvalue weighted by Crippen LogP contribution is 2.29. The van der Waals surface area contributed by atoms with Crippen LogP contribution in [-0.4, -0.2) is 37.8 Å². The molecule has 0 bridgehead atoms. The summed E-state index contributed by atoms with van der Waals surface area (Å²) in [6.45, 7) is 0. The van der Waals surface area contributed by atoms with Gasteiger partial charge in [-0.05, 0) is 12.2 Å². The van der Waals surface area contributed by atoms with Gasteiger partial charge >= 0.3 is 5.97 Å². The number of aromatic amines is 1. The van der Waals surface area contributed by atoms with Crippen molar-refractivity contribution in [2.45, 2.75) is 12.3 Å². The molecule has 2 N–H and O–H groups in total. The molecule has 2 rings (SSSR count). The number of aromatic nitrogens is 3. The van der Waals surface area contributed by atoms with Gasteiger partial charge in [-0.25, -0.2) is 9.78 Å². The summed E-state index contributed by atoms with van der Waals surface area (Å²) < 4.78 is 0. The van der Waals surface area contributed by atoms with Gasteiger partial charge in [0, 0.05) is 11.7 Å². The van der Waals surface area contributed by atoms with Crippen LogP contribution >= 0.6 is 11.8 Å². The Hall–Kier alpha value is -1.04. The molecule has 1 aromatic rings. The standard InChI is InChI=1S/C7H9N3O2S/c11-7(12)6-8-5(9-10-6)4-1-2-13-3-4/h4H,1-3H2,(H,11,12)(H,8,9,10). The predicted molar refractivity (Wildman–Crippen MR) is 48.0 cm³/mol. The summed E-state index contributed by atoms with van der Waals surface area (Å²) in [7, 11) is 0. The minimum absolute atomic E-state index is 0.132. The molecule has 0 spiro atoms. The molecule has 1 aliphatic heterocycles. The van der Waals surface area contributed by atoms with Crippen LogP contribution in [0.25, 0.3) is 0 Å². The molecule has 0 amide bonds. The Bertz CT molecular complexity index is 319. The van der Waals surface area contributed by atoms with Gasteiger partial charge < -0.3 is 5.11 Å². The Labute approximate surface area is 78.9 Å². The van der Waals surface area contributed by atoms with Gasteiger partial charge in [0.2, 0.25) is 0 Å². The van der Waals surface area contributed by atoms with Crippen LogP contribution in [0.3, 0.4) is 0 Å². The first-order valence-corrected chi connectivity index (χ1v) is 5.16. The lowest BCUT2D eigenvalue weighted by atomic mass is 10.1. The maximum absolute atomic E-state index is 10.5. The van der Waals surface area contributed by atoms with Gasteiger partial charge in [-0.2, -0.15) is 11.8 Å². The van der Waals surface area contributed by atoms with Crippen LogP contribution in [0.15, 0.2) is 0 Å². The van der Waals surface area contributed by atoms with Crippen LogP contribution in [0, 0.1) is 0 Å². The largest absolute Gasteiger partial charge is 0.475 e. The van der Waals surface area contributed by atoms with E-state index in [4.69, 9.17) is 5.11 Å². The van der Waals surface area contributed by atoms with E-state index in [1.54, 1.807) is 0 Å². The van der Waals surface area contributed by atoms with E-state index in [-0.39, 0.29) is 5.82 Å². The van der Waals surface area contributed by atoms with Crippen molar-refractivity contribution < 1.29 is 9.90 Å². The lowest BCUT2D eigenvalue weighted by Gasteiger charge is -2.00. The first-order valence-electron chi connectivity index (χ1n) is 4.00. The molecule has 1 atom stereocenters. The van der Waals surface area contributed by atoms with Crippen LogP contribution in [0.1, 0.15) is 28.8 Å². The van der Waals surface area contributed by atoms with Gasteiger partial charge in [0.15, 0.2) is 0 Å². The molecule has 1 aliphatic rings. The Morgan fingerprint density at radius 1 is 1.69 bits per heavy atom. The fourth-order valence-corrected chi connectivity index (χ4v) is 2.53. The van der Waals surface area contributed by atoms with Crippen molar-refractivity contribution >= 4 is 17.7 Å². The van der Waals surface area contributed by atoms with Crippen LogP contribution in [0.4, 0.5) is 0 Å². The zero-order valence-corrected chi connectivity index (χ0v) is 7.67. The average Bonchev–Trinajstić information content (AvgIpc) is 2.75. The van der Waals surface area contributed by atoms with E-state index in [1.165, 1.54) is 0 Å². The third kappa shape index (κ3) is 1.67. The molecule has 1 fully saturated rings. The number of nitrogens with one attached hydrogen (secondary N) is 1. The molecule has 2 heterocycles. The Balaban J connectivity index is 2.16. The van der Waals surface area contributed by atoms with E-state index in [1.807, 2.05) is 11.8 Å². The number of carbonyl (C=O) groups is 1. The second-order valence-electron chi connectivity index (χ2n) is 2.91. The van der Waals surface area contributed by atoms with Crippen LogP contribution in [0.2, 0.25) is 0 Å². The van der Waals surface area contributed by atoms with E-state index in [2.05, 4.69) is 15.2 Å². The molecular weight excluding hydrogens is 190 g/mol. The quantitative estimate of drug-likeness (QED) is 0.733. The van der Waals surface area contributed by atoms with Crippen molar-refractivity contribution in [3.05, 3.63) is 11.6 Å². The highest BCUT2D eigenvalue weighted by Gasteiger charge is 2.22. The van der Waals surface area contributed by atoms with Gasteiger partial charge in [0.1, 0.15) is 5.82 Å². The van der Waals surface area contributed by atoms with Crippen LogP contribution < -0.4 is 0 Å². The van der Waals surface area contributed by atoms with Gasteiger partial charge in [-0.15, -0.1) is 5.10 Å². The van der Waals surface area contributed by atoms with Crippen LogP contribution in [-0.2, 0) is 0 Å². The molecule has 1 aromatic heterocycles. The first kappa shape index (κ1) is 8.55. The fourth-order valence-electron chi connectivity index (χ4n) is 1.30. The second-order valence-corrected chi connectivity index (χ2v) is 4.06. The lowest BCUT2D eigenvalue weighted by Crippen LogP contribution is -2.01. The third-order valence-corrected chi connectivity index (χ3v) is 3.17. The van der Waals surface area contributed by atoms with E-state index in [0.717, 1.165) is 17.9 Å². The number of carboxylic acids is 1. The van der Waals surface area contributed by atoms with Crippen molar-refractivity contribution in [2.24, 2.45) is 0 Å². The number of aromatic carboxylic acids is 1. The Morgan fingerprint density at radius 3 is 3.08 bits per heavy atom. The molecule has 0 saturated carbocycles. The predicted octanol–water partition coefficient (Wildman–Crippen LogP) is 0.723. The summed E-state index contributed by atoms with van der Waals surface area (Å²) in [4.78, 5) is 14.4. The van der Waals surface area contributed by atoms with Gasteiger partial charge in [0.05, 0.1) is 0 Å². The number of H-pyrrole nitrogens is 1. The number of rotatable bonds is 2. The minimum Gasteiger partial charge on any atom is -0.475 e. The van der Waals surface area contributed by atoms with Crippen molar-refractivity contribution in [1.82, 2.24) is 15.2 Å². The first-order chi connectivity index (χ1) is 6.27. The summed E-state index contributed by atoms with van der Waals surface area (Å²) in [6, 6.07) is 0. The summed E-state index contributed by atoms with van der Waals surface area (Å²) in [5.74, 6) is 1.98. The number of carboxylic acid groups (broad SMARTS) is 1. The SMILES string of the molecule is O=C(O)c1n[nH]c(C2CCSC2)n1. The van der Waals surface area contributed by atoms with E-state index < -0.39 is 5.97 Å². The molecule has 70 valence electrons. The van der Waals surface area contributed by atoms with Crippen molar-refractivity contribution in [2.75, 3.05) is 11.5 Å². The van der Waals surface area contributed by atoms with Gasteiger partial charge in [-0.1, -0.05) is 0 Å². The highest BCUT2D eigenvalue weighted by atomic mass is 32.2. The maximum Gasteiger partial charge on any atom is 0.375 e. The zero-order chi connectivity index (χ0) is 9.26. The van der Waals surface area contributed by atoms with E-state index >= 15 is 0 Å². The molecule has 0 aliphatic carbocycles. The lowest BCUT2D eigenvalue weighted by molar-refractivity contribution is 0.0684. The summed E-state index contributed by atoms with van der Waals surface area (Å²) in [6.07, 6.45) is 1.05. The minimum atomic E-state index is -1.08. The highest BCUT2D eigenvalue weighted by molar-refractivity contribution is 7.99. The molecule has 0 aromatic carbocycles. The molecule has 0 radical (unpaired) electrons.